The predicted octanol–water partition coefficient (Wildman–Crippen LogP) is 3.19. The summed E-state index contributed by atoms with van der Waals surface area (Å²) < 4.78 is 76.6. The number of carboxylic acid groups (broad SMARTS) is 1. The molecule has 0 aromatic heterocycles. The van der Waals surface area contributed by atoms with Crippen LogP contribution in [-0.2, 0) is 10.4 Å². The molecule has 0 spiro atoms. The van der Waals surface area contributed by atoms with Gasteiger partial charge in [0, 0.05) is 11.3 Å². The Morgan fingerprint density at radius 3 is 1.96 bits per heavy atom. The van der Waals surface area contributed by atoms with E-state index in [1.165, 1.54) is 13.8 Å². The van der Waals surface area contributed by atoms with Crippen LogP contribution in [0.4, 0.5) is 32.0 Å². The van der Waals surface area contributed by atoms with Gasteiger partial charge in [-0.15, -0.1) is 0 Å². The Hall–Kier alpha value is -1.97. The Morgan fingerprint density at radius 1 is 1.13 bits per heavy atom. The number of alkyl halides is 6. The molecule has 10 heteroatoms. The lowest BCUT2D eigenvalue weighted by atomic mass is 9.90. The highest BCUT2D eigenvalue weighted by atomic mass is 19.4. The molecule has 1 aromatic carbocycles. The first-order valence-corrected chi connectivity index (χ1v) is 6.18. The van der Waals surface area contributed by atoms with Gasteiger partial charge in [0.15, 0.2) is 0 Å². The van der Waals surface area contributed by atoms with E-state index in [-0.39, 0.29) is 11.3 Å². The molecule has 1 aromatic rings. The Morgan fingerprint density at radius 2 is 1.61 bits per heavy atom. The van der Waals surface area contributed by atoms with Crippen molar-refractivity contribution in [3.05, 3.63) is 29.3 Å². The maximum Gasteiger partial charge on any atom is 0.430 e. The second-order valence-electron chi connectivity index (χ2n) is 4.94. The van der Waals surface area contributed by atoms with Gasteiger partial charge in [0.2, 0.25) is 0 Å². The van der Waals surface area contributed by atoms with Gasteiger partial charge in [-0.25, -0.2) is 0 Å². The number of carbonyl (C=O) groups is 1. The van der Waals surface area contributed by atoms with Crippen LogP contribution in [0.1, 0.15) is 18.1 Å². The minimum atomic E-state index is -5.97. The number of rotatable bonds is 4. The van der Waals surface area contributed by atoms with Crippen LogP contribution in [0.3, 0.4) is 0 Å². The molecule has 0 aliphatic carbocycles. The predicted molar refractivity (Wildman–Crippen MR) is 67.9 cm³/mol. The lowest BCUT2D eigenvalue weighted by Gasteiger charge is -2.33. The van der Waals surface area contributed by atoms with Crippen molar-refractivity contribution in [3.63, 3.8) is 0 Å². The van der Waals surface area contributed by atoms with Gasteiger partial charge in [0.05, 0.1) is 0 Å². The molecule has 1 rings (SSSR count). The van der Waals surface area contributed by atoms with E-state index >= 15 is 0 Å². The number of aliphatic hydroxyl groups is 1. The second kappa shape index (κ2) is 5.91. The molecule has 130 valence electrons. The van der Waals surface area contributed by atoms with Crippen molar-refractivity contribution in [2.45, 2.75) is 37.8 Å². The first-order chi connectivity index (χ1) is 10.2. The second-order valence-corrected chi connectivity index (χ2v) is 4.94. The summed E-state index contributed by atoms with van der Waals surface area (Å²) in [6.07, 6.45) is -11.9. The van der Waals surface area contributed by atoms with E-state index in [0.717, 1.165) is 6.07 Å². The average Bonchev–Trinajstić information content (AvgIpc) is 2.37. The smallest absolute Gasteiger partial charge is 0.430 e. The molecule has 1 atom stereocenters. The molecule has 0 saturated carbocycles. The summed E-state index contributed by atoms with van der Waals surface area (Å²) in [7, 11) is 0. The van der Waals surface area contributed by atoms with Crippen molar-refractivity contribution < 1.29 is 41.4 Å². The largest absolute Gasteiger partial charge is 0.480 e. The van der Waals surface area contributed by atoms with Crippen molar-refractivity contribution >= 4 is 11.7 Å². The summed E-state index contributed by atoms with van der Waals surface area (Å²) in [4.78, 5) is 10.7. The van der Waals surface area contributed by atoms with Gasteiger partial charge in [-0.1, -0.05) is 12.1 Å². The minimum Gasteiger partial charge on any atom is -0.480 e. The van der Waals surface area contributed by atoms with E-state index in [4.69, 9.17) is 5.11 Å². The number of benzene rings is 1. The Bertz CT molecular complexity index is 582. The molecule has 0 heterocycles. The standard InChI is InChI=1S/C13H13F6NO3/c1-6-5-8(3-4-9(6)20-7(2)10(21)22)11(23,12(14,15)16)13(17,18)19/h3-5,7,20,23H,1-2H3,(H,21,22)/t7-/m0/s1. The quantitative estimate of drug-likeness (QED) is 0.733. The van der Waals surface area contributed by atoms with Gasteiger partial charge in [0.25, 0.3) is 5.60 Å². The van der Waals surface area contributed by atoms with E-state index in [1.807, 2.05) is 0 Å². The van der Waals surface area contributed by atoms with Gasteiger partial charge < -0.3 is 15.5 Å². The highest BCUT2D eigenvalue weighted by molar-refractivity contribution is 5.77. The molecular weight excluding hydrogens is 332 g/mol. The fourth-order valence-corrected chi connectivity index (χ4v) is 1.83. The molecule has 3 N–H and O–H groups in total. The molecular formula is C13H13F6NO3. The van der Waals surface area contributed by atoms with Crippen LogP contribution in [0, 0.1) is 6.92 Å². The first kappa shape index (κ1) is 19.1. The Kier molecular flexibility index (Phi) is 4.90. The van der Waals surface area contributed by atoms with Gasteiger partial charge in [-0.3, -0.25) is 4.79 Å². The minimum absolute atomic E-state index is 0.0374. The van der Waals surface area contributed by atoms with Crippen LogP contribution in [-0.4, -0.2) is 34.6 Å². The van der Waals surface area contributed by atoms with E-state index in [0.29, 0.717) is 12.1 Å². The van der Waals surface area contributed by atoms with E-state index in [9.17, 15) is 36.2 Å². The maximum atomic E-state index is 12.8. The molecule has 0 unspecified atom stereocenters. The molecule has 0 aliphatic rings. The van der Waals surface area contributed by atoms with Gasteiger partial charge in [-0.2, -0.15) is 26.3 Å². The monoisotopic (exact) mass is 345 g/mol. The lowest BCUT2D eigenvalue weighted by molar-refractivity contribution is -0.376. The molecule has 0 saturated heterocycles. The van der Waals surface area contributed by atoms with Crippen LogP contribution in [0.15, 0.2) is 18.2 Å². The zero-order valence-corrected chi connectivity index (χ0v) is 11.9. The molecule has 0 radical (unpaired) electrons. The van der Waals surface area contributed by atoms with Gasteiger partial charge in [0.1, 0.15) is 6.04 Å². The summed E-state index contributed by atoms with van der Waals surface area (Å²) in [5, 5.41) is 20.4. The number of aliphatic carboxylic acids is 1. The molecule has 0 fully saturated rings. The highest BCUT2D eigenvalue weighted by Gasteiger charge is 2.71. The van der Waals surface area contributed by atoms with Gasteiger partial charge in [-0.05, 0) is 25.5 Å². The summed E-state index contributed by atoms with van der Waals surface area (Å²) in [6, 6.07) is 0.707. The highest BCUT2D eigenvalue weighted by Crippen LogP contribution is 2.50. The molecule has 0 bridgehead atoms. The zero-order valence-electron chi connectivity index (χ0n) is 11.9. The molecule has 23 heavy (non-hydrogen) atoms. The van der Waals surface area contributed by atoms with Crippen LogP contribution in [0.5, 0.6) is 0 Å². The van der Waals surface area contributed by atoms with Gasteiger partial charge >= 0.3 is 18.3 Å². The van der Waals surface area contributed by atoms with Crippen molar-refractivity contribution in [1.29, 1.82) is 0 Å². The summed E-state index contributed by atoms with van der Waals surface area (Å²) in [5.41, 5.74) is -6.46. The number of hydrogen-bond acceptors (Lipinski definition) is 3. The van der Waals surface area contributed by atoms with Crippen LogP contribution in [0.25, 0.3) is 0 Å². The summed E-state index contributed by atoms with van der Waals surface area (Å²) in [5.74, 6) is -1.25. The van der Waals surface area contributed by atoms with Crippen LogP contribution >= 0.6 is 0 Å². The molecule has 0 amide bonds. The third-order valence-electron chi connectivity index (χ3n) is 3.21. The third kappa shape index (κ3) is 3.52. The maximum absolute atomic E-state index is 12.8. The fraction of sp³-hybridized carbons (Fsp3) is 0.462. The van der Waals surface area contributed by atoms with Crippen molar-refractivity contribution in [1.82, 2.24) is 0 Å². The van der Waals surface area contributed by atoms with E-state index in [1.54, 1.807) is 0 Å². The summed E-state index contributed by atoms with van der Waals surface area (Å²) >= 11 is 0. The van der Waals surface area contributed by atoms with Crippen molar-refractivity contribution in [2.75, 3.05) is 5.32 Å². The van der Waals surface area contributed by atoms with E-state index in [2.05, 4.69) is 5.32 Å². The number of carboxylic acids is 1. The first-order valence-electron chi connectivity index (χ1n) is 6.18. The number of anilines is 1. The van der Waals surface area contributed by atoms with Crippen molar-refractivity contribution in [3.8, 4) is 0 Å². The Balaban J connectivity index is 3.34. The molecule has 0 aliphatic heterocycles. The fourth-order valence-electron chi connectivity index (χ4n) is 1.83. The number of hydrogen-bond donors (Lipinski definition) is 3. The van der Waals surface area contributed by atoms with Crippen molar-refractivity contribution in [2.24, 2.45) is 0 Å². The third-order valence-corrected chi connectivity index (χ3v) is 3.21. The average molecular weight is 345 g/mol. The van der Waals surface area contributed by atoms with E-state index < -0.39 is 35.5 Å². The summed E-state index contributed by atoms with van der Waals surface area (Å²) in [6.45, 7) is 2.44. The number of aryl methyl sites for hydroxylation is 1. The molecule has 4 nitrogen and oxygen atoms in total. The normalized spacial score (nSPS) is 14.5. The number of halogens is 6. The lowest BCUT2D eigenvalue weighted by Crippen LogP contribution is -2.53. The topological polar surface area (TPSA) is 69.6 Å². The SMILES string of the molecule is Cc1cc(C(O)(C(F)(F)F)C(F)(F)F)ccc1N[C@@H](C)C(=O)O. The number of nitrogens with one attached hydrogen (secondary N) is 1. The zero-order chi connectivity index (χ0) is 18.2. The van der Waals surface area contributed by atoms with Crippen LogP contribution < -0.4 is 5.32 Å². The Labute approximate surface area is 126 Å². The van der Waals surface area contributed by atoms with Crippen LogP contribution in [0.2, 0.25) is 0 Å².